The zero-order valence-electron chi connectivity index (χ0n) is 17.4. The van der Waals surface area contributed by atoms with Gasteiger partial charge in [-0.05, 0) is 82.7 Å². The molecular formula is C24H35ClN2. The summed E-state index contributed by atoms with van der Waals surface area (Å²) in [7, 11) is 0. The van der Waals surface area contributed by atoms with Crippen molar-refractivity contribution in [2.75, 3.05) is 13.1 Å². The monoisotopic (exact) mass is 386 g/mol. The first-order valence-electron chi connectivity index (χ1n) is 10.6. The minimum absolute atomic E-state index is 0.0374. The van der Waals surface area contributed by atoms with Gasteiger partial charge in [0.2, 0.25) is 0 Å². The number of alkyl halides is 1. The van der Waals surface area contributed by atoms with E-state index in [1.807, 2.05) is 27.0 Å². The van der Waals surface area contributed by atoms with E-state index < -0.39 is 0 Å². The van der Waals surface area contributed by atoms with E-state index >= 15 is 0 Å². The molecule has 0 amide bonds. The second-order valence-electron chi connectivity index (χ2n) is 7.18. The third kappa shape index (κ3) is 6.05. The standard InChI is InChI=1S/C22H29ClN2.C2H6/c1-16-6-3-4-7-19-8-5-13-25-22(19)21(18-11-14-24-15-12-18)20(16)10-9-17(2)23;1-2/h5,8-10,13,17,24H,3-4,6-7,11-12,14-15H2,1-2H3;1-2H3/b10-9-,20-16-;. The molecular weight excluding hydrogens is 352 g/mol. The molecule has 0 spiro atoms. The van der Waals surface area contributed by atoms with E-state index in [0.717, 1.165) is 38.8 Å². The molecule has 1 aliphatic heterocycles. The van der Waals surface area contributed by atoms with Gasteiger partial charge in [0.05, 0.1) is 5.69 Å². The number of piperidine rings is 1. The van der Waals surface area contributed by atoms with E-state index in [4.69, 9.17) is 16.6 Å². The van der Waals surface area contributed by atoms with Gasteiger partial charge in [-0.15, -0.1) is 11.6 Å². The smallest absolute Gasteiger partial charge is 0.0739 e. The van der Waals surface area contributed by atoms with E-state index in [-0.39, 0.29) is 5.38 Å². The molecule has 1 fully saturated rings. The average Bonchev–Trinajstić information content (AvgIpc) is 2.77. The minimum atomic E-state index is 0.0374. The predicted octanol–water partition coefficient (Wildman–Crippen LogP) is 6.47. The number of rotatable bonds is 2. The Labute approximate surface area is 170 Å². The molecule has 1 atom stereocenters. The number of aromatic nitrogens is 1. The molecule has 0 bridgehead atoms. The molecule has 3 rings (SSSR count). The van der Waals surface area contributed by atoms with Crippen LogP contribution in [0.3, 0.4) is 0 Å². The summed E-state index contributed by atoms with van der Waals surface area (Å²) >= 11 is 6.23. The van der Waals surface area contributed by atoms with Gasteiger partial charge in [0, 0.05) is 17.1 Å². The minimum Gasteiger partial charge on any atom is -0.316 e. The predicted molar refractivity (Wildman–Crippen MR) is 119 cm³/mol. The van der Waals surface area contributed by atoms with Crippen LogP contribution in [0.1, 0.15) is 71.1 Å². The third-order valence-corrected chi connectivity index (χ3v) is 5.34. The zero-order chi connectivity index (χ0) is 19.6. The van der Waals surface area contributed by atoms with Crippen molar-refractivity contribution in [3.8, 4) is 0 Å². The van der Waals surface area contributed by atoms with Crippen LogP contribution in [-0.2, 0) is 6.42 Å². The number of halogens is 1. The molecule has 1 aliphatic carbocycles. The highest BCUT2D eigenvalue weighted by Crippen LogP contribution is 2.37. The average molecular weight is 387 g/mol. The van der Waals surface area contributed by atoms with Crippen LogP contribution in [0, 0.1) is 0 Å². The largest absolute Gasteiger partial charge is 0.316 e. The first kappa shape index (κ1) is 21.9. The maximum absolute atomic E-state index is 6.23. The molecule has 1 saturated heterocycles. The lowest BCUT2D eigenvalue weighted by atomic mass is 9.86. The molecule has 1 N–H and O–H groups in total. The number of aryl methyl sites for hydroxylation is 1. The normalized spacial score (nSPS) is 22.3. The van der Waals surface area contributed by atoms with Gasteiger partial charge >= 0.3 is 0 Å². The van der Waals surface area contributed by atoms with Gasteiger partial charge in [-0.25, -0.2) is 0 Å². The Morgan fingerprint density at radius 1 is 1.11 bits per heavy atom. The van der Waals surface area contributed by atoms with Crippen molar-refractivity contribution in [1.82, 2.24) is 10.3 Å². The van der Waals surface area contributed by atoms with Crippen molar-refractivity contribution in [3.63, 3.8) is 0 Å². The number of nitrogens with zero attached hydrogens (tertiary/aromatic N) is 1. The molecule has 2 aliphatic rings. The summed E-state index contributed by atoms with van der Waals surface area (Å²) in [5.41, 5.74) is 8.33. The summed E-state index contributed by atoms with van der Waals surface area (Å²) < 4.78 is 0. The number of hydrogen-bond donors (Lipinski definition) is 1. The van der Waals surface area contributed by atoms with Crippen molar-refractivity contribution in [1.29, 1.82) is 0 Å². The molecule has 0 saturated carbocycles. The lowest BCUT2D eigenvalue weighted by molar-refractivity contribution is 0.611. The fourth-order valence-electron chi connectivity index (χ4n) is 3.84. The van der Waals surface area contributed by atoms with Crippen LogP contribution in [0.2, 0.25) is 0 Å². The van der Waals surface area contributed by atoms with Gasteiger partial charge in [-0.3, -0.25) is 4.98 Å². The molecule has 27 heavy (non-hydrogen) atoms. The van der Waals surface area contributed by atoms with Gasteiger partial charge in [-0.1, -0.05) is 43.2 Å². The Balaban J connectivity index is 0.00000126. The van der Waals surface area contributed by atoms with E-state index in [0.29, 0.717) is 0 Å². The Hall–Kier alpha value is -1.38. The quantitative estimate of drug-likeness (QED) is 0.589. The van der Waals surface area contributed by atoms with E-state index in [2.05, 4.69) is 36.5 Å². The Morgan fingerprint density at radius 3 is 2.52 bits per heavy atom. The van der Waals surface area contributed by atoms with Crippen LogP contribution in [0.25, 0.3) is 5.57 Å². The highest BCUT2D eigenvalue weighted by atomic mass is 35.5. The van der Waals surface area contributed by atoms with Crippen molar-refractivity contribution in [2.45, 2.75) is 71.6 Å². The second-order valence-corrected chi connectivity index (χ2v) is 7.87. The van der Waals surface area contributed by atoms with Crippen molar-refractivity contribution in [3.05, 3.63) is 58.5 Å². The Bertz CT molecular complexity index is 690. The lowest BCUT2D eigenvalue weighted by Crippen LogP contribution is -2.24. The van der Waals surface area contributed by atoms with Gasteiger partial charge < -0.3 is 5.32 Å². The highest BCUT2D eigenvalue weighted by molar-refractivity contribution is 6.21. The molecule has 2 nitrogen and oxygen atoms in total. The fraction of sp³-hybridized carbons (Fsp3) is 0.542. The number of nitrogens with one attached hydrogen (secondary N) is 1. The number of allylic oxidation sites excluding steroid dienone is 5. The number of fused-ring (bicyclic) bond motifs is 1. The summed E-state index contributed by atoms with van der Waals surface area (Å²) in [5.74, 6) is 0. The Morgan fingerprint density at radius 2 is 1.81 bits per heavy atom. The van der Waals surface area contributed by atoms with Crippen LogP contribution in [-0.4, -0.2) is 23.5 Å². The van der Waals surface area contributed by atoms with Crippen LogP contribution in [0.4, 0.5) is 0 Å². The topological polar surface area (TPSA) is 24.9 Å². The fourth-order valence-corrected chi connectivity index (χ4v) is 3.91. The summed E-state index contributed by atoms with van der Waals surface area (Å²) in [6.07, 6.45) is 13.2. The van der Waals surface area contributed by atoms with Crippen molar-refractivity contribution >= 4 is 17.2 Å². The van der Waals surface area contributed by atoms with Gasteiger partial charge in [0.1, 0.15) is 0 Å². The molecule has 1 aromatic rings. The summed E-state index contributed by atoms with van der Waals surface area (Å²) in [4.78, 5) is 4.85. The number of hydrogen-bond acceptors (Lipinski definition) is 2. The lowest BCUT2D eigenvalue weighted by Gasteiger charge is -2.23. The highest BCUT2D eigenvalue weighted by Gasteiger charge is 2.21. The van der Waals surface area contributed by atoms with E-state index in [1.54, 1.807) is 5.57 Å². The van der Waals surface area contributed by atoms with Crippen LogP contribution in [0.5, 0.6) is 0 Å². The molecule has 2 heterocycles. The maximum Gasteiger partial charge on any atom is 0.0739 e. The van der Waals surface area contributed by atoms with Gasteiger partial charge in [-0.2, -0.15) is 0 Å². The first-order valence-corrected chi connectivity index (χ1v) is 11.0. The molecule has 3 heteroatoms. The SMILES string of the molecule is C/C1=C(\C=C/C(C)Cl)C(=C2CCNCC2)c2ncccc2CCCC1.CC. The molecule has 0 radical (unpaired) electrons. The van der Waals surface area contributed by atoms with Crippen LogP contribution < -0.4 is 5.32 Å². The van der Waals surface area contributed by atoms with Crippen LogP contribution >= 0.6 is 11.6 Å². The summed E-state index contributed by atoms with van der Waals surface area (Å²) in [5, 5.41) is 3.52. The first-order chi connectivity index (χ1) is 13.2. The van der Waals surface area contributed by atoms with Crippen molar-refractivity contribution in [2.24, 2.45) is 0 Å². The number of pyridine rings is 1. The molecule has 1 unspecified atom stereocenters. The Kier molecular flexibility index (Phi) is 9.30. The zero-order valence-corrected chi connectivity index (χ0v) is 18.2. The van der Waals surface area contributed by atoms with Crippen LogP contribution in [0.15, 0.2) is 47.2 Å². The third-order valence-electron chi connectivity index (χ3n) is 5.19. The summed E-state index contributed by atoms with van der Waals surface area (Å²) in [6, 6.07) is 4.34. The maximum atomic E-state index is 6.23. The van der Waals surface area contributed by atoms with Gasteiger partial charge in [0.15, 0.2) is 0 Å². The molecule has 148 valence electrons. The van der Waals surface area contributed by atoms with E-state index in [9.17, 15) is 0 Å². The molecule has 1 aromatic heterocycles. The second kappa shape index (κ2) is 11.5. The van der Waals surface area contributed by atoms with E-state index in [1.165, 1.54) is 40.8 Å². The van der Waals surface area contributed by atoms with Gasteiger partial charge in [0.25, 0.3) is 0 Å². The molecule has 0 aromatic carbocycles. The summed E-state index contributed by atoms with van der Waals surface area (Å²) in [6.45, 7) is 10.4. The van der Waals surface area contributed by atoms with Crippen molar-refractivity contribution < 1.29 is 0 Å².